The van der Waals surface area contributed by atoms with Crippen molar-refractivity contribution < 1.29 is 49.7 Å². The maximum Gasteiger partial charge on any atom is 1.00 e. The second-order valence-electron chi connectivity index (χ2n) is 7.01. The van der Waals surface area contributed by atoms with Gasteiger partial charge in [0.25, 0.3) is 0 Å². The third-order valence-electron chi connectivity index (χ3n) is 5.41. The zero-order valence-corrected chi connectivity index (χ0v) is 16.9. The van der Waals surface area contributed by atoms with Crippen LogP contribution in [0, 0.1) is 17.8 Å². The molecule has 2 N–H and O–H groups in total. The molecule has 2 aliphatic rings. The summed E-state index contributed by atoms with van der Waals surface area (Å²) in [6.45, 7) is 1.63. The first-order chi connectivity index (χ1) is 11.1. The molecule has 1 heterocycles. The molecule has 1 aliphatic heterocycles. The topological polar surface area (TPSA) is 91.9 Å². The molecule has 1 aromatic carbocycles. The van der Waals surface area contributed by atoms with Crippen LogP contribution in [0.25, 0.3) is 0 Å². The smallest absolute Gasteiger partial charge is 0.550 e. The molecule has 0 unspecified atom stereocenters. The number of fused-ring (bicyclic) bond motifs is 1. The molecule has 5 nitrogen and oxygen atoms in total. The van der Waals surface area contributed by atoms with Gasteiger partial charge in [-0.25, -0.2) is 0 Å². The molecule has 1 saturated carbocycles. The number of rotatable bonds is 5. The van der Waals surface area contributed by atoms with E-state index in [0.29, 0.717) is 18.3 Å². The van der Waals surface area contributed by atoms with E-state index >= 15 is 0 Å². The largest absolute Gasteiger partial charge is 1.00 e. The molecule has 0 bridgehead atoms. The van der Waals surface area contributed by atoms with Crippen molar-refractivity contribution in [2.75, 3.05) is 13.1 Å². The van der Waals surface area contributed by atoms with Gasteiger partial charge in [0.2, 0.25) is 5.91 Å². The molecule has 3 atom stereocenters. The molecule has 132 valence electrons. The predicted octanol–water partition coefficient (Wildman–Crippen LogP) is -2.19. The Labute approximate surface area is 171 Å². The quantitative estimate of drug-likeness (QED) is 0.562. The summed E-state index contributed by atoms with van der Waals surface area (Å²) < 4.78 is 0. The average molecular weight is 355 g/mol. The summed E-state index contributed by atoms with van der Waals surface area (Å²) in [4.78, 5) is 25.8. The normalized spacial score (nSPS) is 23.0. The number of aliphatic carboxylic acids is 1. The molecule has 2 fully saturated rings. The van der Waals surface area contributed by atoms with Crippen molar-refractivity contribution in [3.05, 3.63) is 35.9 Å². The number of nitrogens with zero attached hydrogens (tertiary/aromatic N) is 1. The number of likely N-dealkylation sites (tertiary alicyclic amines) is 1. The Morgan fingerprint density at radius 2 is 1.64 bits per heavy atom. The molecule has 0 aromatic heterocycles. The fourth-order valence-electron chi connectivity index (χ4n) is 4.09. The number of hydrogen-bond donors (Lipinski definition) is 0. The van der Waals surface area contributed by atoms with Gasteiger partial charge in [0.05, 0.1) is 0 Å². The average Bonchev–Trinajstić information content (AvgIpc) is 2.99. The SMILES string of the molecule is O.O=C([O-])[C@H](CC(=O)N1C[C@H]2CCCC[C@H]2C1)Cc1ccccc1.[Na+]. The molecular weight excluding hydrogens is 329 g/mol. The summed E-state index contributed by atoms with van der Waals surface area (Å²) in [6, 6.07) is 9.45. The van der Waals surface area contributed by atoms with Crippen LogP contribution in [0.4, 0.5) is 0 Å². The van der Waals surface area contributed by atoms with Crippen molar-refractivity contribution in [2.24, 2.45) is 17.8 Å². The molecule has 3 rings (SSSR count). The van der Waals surface area contributed by atoms with E-state index in [0.717, 1.165) is 18.7 Å². The zero-order chi connectivity index (χ0) is 16.2. The predicted molar refractivity (Wildman–Crippen MR) is 88.9 cm³/mol. The Morgan fingerprint density at radius 1 is 1.08 bits per heavy atom. The summed E-state index contributed by atoms with van der Waals surface area (Å²) in [6.07, 6.45) is 5.36. The van der Waals surface area contributed by atoms with Crippen molar-refractivity contribution >= 4 is 11.9 Å². The van der Waals surface area contributed by atoms with Gasteiger partial charge in [0, 0.05) is 31.4 Å². The molecule has 0 radical (unpaired) electrons. The van der Waals surface area contributed by atoms with Gasteiger partial charge in [-0.2, -0.15) is 0 Å². The number of benzene rings is 1. The van der Waals surface area contributed by atoms with Gasteiger partial charge in [-0.05, 0) is 36.7 Å². The first kappa shape index (κ1) is 22.2. The number of carboxylic acid groups (broad SMARTS) is 1. The molecular formula is C19H26NNaO4. The molecule has 1 saturated heterocycles. The second kappa shape index (κ2) is 10.3. The van der Waals surface area contributed by atoms with E-state index in [1.54, 1.807) is 0 Å². The van der Waals surface area contributed by atoms with E-state index in [9.17, 15) is 14.7 Å². The first-order valence-electron chi connectivity index (χ1n) is 8.66. The minimum absolute atomic E-state index is 0. The van der Waals surface area contributed by atoms with Gasteiger partial charge >= 0.3 is 29.6 Å². The Balaban J connectivity index is 0.00000156. The molecule has 1 aromatic rings. The van der Waals surface area contributed by atoms with Crippen LogP contribution in [-0.4, -0.2) is 35.3 Å². The minimum Gasteiger partial charge on any atom is -0.550 e. The van der Waals surface area contributed by atoms with Crippen molar-refractivity contribution in [3.63, 3.8) is 0 Å². The van der Waals surface area contributed by atoms with Gasteiger partial charge in [-0.15, -0.1) is 0 Å². The Kier molecular flexibility index (Phi) is 9.14. The van der Waals surface area contributed by atoms with E-state index < -0.39 is 11.9 Å². The zero-order valence-electron chi connectivity index (χ0n) is 14.9. The van der Waals surface area contributed by atoms with Crippen molar-refractivity contribution in [1.82, 2.24) is 4.90 Å². The van der Waals surface area contributed by atoms with Crippen molar-refractivity contribution in [3.8, 4) is 0 Å². The van der Waals surface area contributed by atoms with E-state index in [4.69, 9.17) is 0 Å². The number of hydrogen-bond acceptors (Lipinski definition) is 3. The summed E-state index contributed by atoms with van der Waals surface area (Å²) >= 11 is 0. The molecule has 0 spiro atoms. The van der Waals surface area contributed by atoms with Gasteiger partial charge in [0.1, 0.15) is 0 Å². The van der Waals surface area contributed by atoms with E-state index in [-0.39, 0.29) is 47.4 Å². The van der Waals surface area contributed by atoms with Crippen molar-refractivity contribution in [1.29, 1.82) is 0 Å². The van der Waals surface area contributed by atoms with Crippen LogP contribution in [0.3, 0.4) is 0 Å². The standard InChI is InChI=1S/C19H25NO3.Na.H2O/c21-18(20-12-15-8-4-5-9-16(15)13-20)11-17(19(22)23)10-14-6-2-1-3-7-14;;/h1-3,6-7,15-17H,4-5,8-13H2,(H,22,23);;1H2/q;+1;/p-1/t15-,16+,17-;;/m0../s1. The van der Waals surface area contributed by atoms with Gasteiger partial charge in [-0.1, -0.05) is 43.2 Å². The number of carboxylic acids is 1. The van der Waals surface area contributed by atoms with Crippen molar-refractivity contribution in [2.45, 2.75) is 38.5 Å². The molecule has 6 heteroatoms. The molecule has 1 amide bonds. The van der Waals surface area contributed by atoms with Gasteiger partial charge in [-0.3, -0.25) is 4.79 Å². The fraction of sp³-hybridized carbons (Fsp3) is 0.579. The number of carbonyl (C=O) groups excluding carboxylic acids is 2. The summed E-state index contributed by atoms with van der Waals surface area (Å²) in [5.41, 5.74) is 0.935. The Hall–Kier alpha value is -0.880. The summed E-state index contributed by atoms with van der Waals surface area (Å²) in [5.74, 6) is -0.637. The summed E-state index contributed by atoms with van der Waals surface area (Å²) in [7, 11) is 0. The fourth-order valence-corrected chi connectivity index (χ4v) is 4.09. The molecule has 25 heavy (non-hydrogen) atoms. The van der Waals surface area contributed by atoms with Gasteiger partial charge in [0.15, 0.2) is 0 Å². The minimum atomic E-state index is -1.13. The van der Waals surface area contributed by atoms with Crippen LogP contribution in [0.2, 0.25) is 0 Å². The Morgan fingerprint density at radius 3 is 2.16 bits per heavy atom. The van der Waals surface area contributed by atoms with Crippen LogP contribution >= 0.6 is 0 Å². The van der Waals surface area contributed by atoms with Crippen LogP contribution in [0.15, 0.2) is 30.3 Å². The maximum absolute atomic E-state index is 12.5. The second-order valence-corrected chi connectivity index (χ2v) is 7.01. The number of amides is 1. The monoisotopic (exact) mass is 355 g/mol. The van der Waals surface area contributed by atoms with Crippen LogP contribution < -0.4 is 34.7 Å². The third-order valence-corrected chi connectivity index (χ3v) is 5.41. The maximum atomic E-state index is 12.5. The third kappa shape index (κ3) is 5.81. The number of carbonyl (C=O) groups is 2. The summed E-state index contributed by atoms with van der Waals surface area (Å²) in [5, 5.41) is 11.4. The van der Waals surface area contributed by atoms with Crippen LogP contribution in [0.1, 0.15) is 37.7 Å². The van der Waals surface area contributed by atoms with E-state index in [1.165, 1.54) is 25.7 Å². The Bertz CT molecular complexity index is 552. The molecule has 1 aliphatic carbocycles. The first-order valence-corrected chi connectivity index (χ1v) is 8.66. The van der Waals surface area contributed by atoms with Crippen LogP contribution in [-0.2, 0) is 16.0 Å². The van der Waals surface area contributed by atoms with Crippen LogP contribution in [0.5, 0.6) is 0 Å². The van der Waals surface area contributed by atoms with E-state index in [2.05, 4.69) is 0 Å². The van der Waals surface area contributed by atoms with E-state index in [1.807, 2.05) is 35.2 Å². The van der Waals surface area contributed by atoms with Gasteiger partial charge < -0.3 is 20.3 Å².